The van der Waals surface area contributed by atoms with Crippen molar-refractivity contribution >= 4 is 40.2 Å². The summed E-state index contributed by atoms with van der Waals surface area (Å²) in [5, 5.41) is 0. The standard InChI is InChI=1S/C13H26Br2OSi/c1-12(2)8-9(16-17(5,6)7)13(3,4)11(15)10(12)14/h9-11H,8H2,1-7H3/t9-,10-,11-/m0/s1. The molecule has 0 radical (unpaired) electrons. The Hall–Kier alpha value is 1.14. The number of halogens is 2. The summed E-state index contributed by atoms with van der Waals surface area (Å²) in [5.74, 6) is 0. The van der Waals surface area contributed by atoms with Gasteiger partial charge in [0.05, 0.1) is 6.10 Å². The number of rotatable bonds is 2. The Balaban J connectivity index is 2.97. The van der Waals surface area contributed by atoms with Gasteiger partial charge in [-0.3, -0.25) is 0 Å². The van der Waals surface area contributed by atoms with E-state index in [0.717, 1.165) is 6.42 Å². The van der Waals surface area contributed by atoms with Gasteiger partial charge in [0.25, 0.3) is 0 Å². The van der Waals surface area contributed by atoms with Gasteiger partial charge in [0, 0.05) is 15.1 Å². The normalized spacial score (nSPS) is 36.9. The highest BCUT2D eigenvalue weighted by Gasteiger charge is 2.52. The van der Waals surface area contributed by atoms with Gasteiger partial charge < -0.3 is 4.43 Å². The maximum Gasteiger partial charge on any atom is 0.184 e. The Morgan fingerprint density at radius 1 is 1.00 bits per heavy atom. The van der Waals surface area contributed by atoms with Gasteiger partial charge in [0.1, 0.15) is 0 Å². The molecular weight excluding hydrogens is 360 g/mol. The quantitative estimate of drug-likeness (QED) is 0.469. The van der Waals surface area contributed by atoms with Crippen LogP contribution in [0.5, 0.6) is 0 Å². The highest BCUT2D eigenvalue weighted by molar-refractivity contribution is 9.12. The molecule has 4 heteroatoms. The van der Waals surface area contributed by atoms with Crippen LogP contribution in [0.25, 0.3) is 0 Å². The summed E-state index contributed by atoms with van der Waals surface area (Å²) in [6, 6.07) is 0. The molecule has 17 heavy (non-hydrogen) atoms. The lowest BCUT2D eigenvalue weighted by Crippen LogP contribution is -2.56. The number of hydrogen-bond donors (Lipinski definition) is 0. The molecule has 1 aliphatic rings. The third-order valence-electron chi connectivity index (χ3n) is 3.75. The van der Waals surface area contributed by atoms with Gasteiger partial charge in [0.2, 0.25) is 0 Å². The minimum atomic E-state index is -1.48. The van der Waals surface area contributed by atoms with Crippen LogP contribution in [-0.4, -0.2) is 24.1 Å². The average molecular weight is 386 g/mol. The highest BCUT2D eigenvalue weighted by atomic mass is 79.9. The van der Waals surface area contributed by atoms with E-state index in [9.17, 15) is 0 Å². The van der Waals surface area contributed by atoms with Crippen LogP contribution in [0, 0.1) is 10.8 Å². The molecule has 0 amide bonds. The molecule has 0 bridgehead atoms. The zero-order valence-electron chi connectivity index (χ0n) is 12.1. The molecule has 1 aliphatic carbocycles. The topological polar surface area (TPSA) is 9.23 Å². The van der Waals surface area contributed by atoms with Gasteiger partial charge in [0.15, 0.2) is 8.32 Å². The van der Waals surface area contributed by atoms with E-state index in [-0.39, 0.29) is 10.8 Å². The maximum atomic E-state index is 6.44. The smallest absolute Gasteiger partial charge is 0.184 e. The molecule has 0 spiro atoms. The van der Waals surface area contributed by atoms with Crippen LogP contribution in [0.2, 0.25) is 19.6 Å². The molecule has 0 N–H and O–H groups in total. The van der Waals surface area contributed by atoms with Crippen LogP contribution in [-0.2, 0) is 4.43 Å². The second-order valence-electron chi connectivity index (χ2n) is 7.54. The van der Waals surface area contributed by atoms with Crippen LogP contribution in [0.4, 0.5) is 0 Å². The van der Waals surface area contributed by atoms with E-state index < -0.39 is 8.32 Å². The molecule has 1 fully saturated rings. The Morgan fingerprint density at radius 2 is 1.47 bits per heavy atom. The summed E-state index contributed by atoms with van der Waals surface area (Å²) in [4.78, 5) is 0.937. The summed E-state index contributed by atoms with van der Waals surface area (Å²) >= 11 is 7.75. The third-order valence-corrected chi connectivity index (χ3v) is 8.93. The summed E-state index contributed by atoms with van der Waals surface area (Å²) in [6.07, 6.45) is 1.48. The fourth-order valence-corrected chi connectivity index (χ4v) is 5.54. The molecule has 0 aromatic carbocycles. The van der Waals surface area contributed by atoms with Gasteiger partial charge >= 0.3 is 0 Å². The van der Waals surface area contributed by atoms with E-state index in [2.05, 4.69) is 79.2 Å². The first-order valence-corrected chi connectivity index (χ1v) is 11.6. The molecule has 0 heterocycles. The molecule has 1 rings (SSSR count). The summed E-state index contributed by atoms with van der Waals surface area (Å²) in [6.45, 7) is 16.1. The van der Waals surface area contributed by atoms with E-state index in [1.807, 2.05) is 0 Å². The van der Waals surface area contributed by atoms with Crippen molar-refractivity contribution in [3.8, 4) is 0 Å². The van der Waals surface area contributed by atoms with Gasteiger partial charge in [-0.2, -0.15) is 0 Å². The lowest BCUT2D eigenvalue weighted by molar-refractivity contribution is -0.00790. The molecule has 102 valence electrons. The fourth-order valence-electron chi connectivity index (χ4n) is 2.42. The third kappa shape index (κ3) is 3.58. The largest absolute Gasteiger partial charge is 0.414 e. The molecule has 0 aliphatic heterocycles. The Bertz CT molecular complexity index is 284. The summed E-state index contributed by atoms with van der Waals surface area (Å²) in [5.41, 5.74) is 0.442. The van der Waals surface area contributed by atoms with Gasteiger partial charge in [-0.25, -0.2) is 0 Å². The second kappa shape index (κ2) is 4.91. The Morgan fingerprint density at radius 3 is 1.88 bits per heavy atom. The van der Waals surface area contributed by atoms with E-state index in [1.54, 1.807) is 0 Å². The van der Waals surface area contributed by atoms with E-state index in [0.29, 0.717) is 15.8 Å². The highest BCUT2D eigenvalue weighted by Crippen LogP contribution is 2.52. The SMILES string of the molecule is CC1(C)C[C@H](O[Si](C)(C)C)C(C)(C)[C@@H](Br)[C@@H]1Br. The molecular formula is C13H26Br2OSi. The van der Waals surface area contributed by atoms with E-state index in [4.69, 9.17) is 4.43 Å². The lowest BCUT2D eigenvalue weighted by atomic mass is 9.65. The fraction of sp³-hybridized carbons (Fsp3) is 1.00. The first-order valence-electron chi connectivity index (χ1n) is 6.34. The zero-order chi connectivity index (χ0) is 13.6. The second-order valence-corrected chi connectivity index (χ2v) is 14.0. The van der Waals surface area contributed by atoms with Crippen molar-refractivity contribution in [2.24, 2.45) is 10.8 Å². The van der Waals surface area contributed by atoms with Crippen molar-refractivity contribution < 1.29 is 4.43 Å². The minimum Gasteiger partial charge on any atom is -0.414 e. The zero-order valence-corrected chi connectivity index (χ0v) is 16.3. The van der Waals surface area contributed by atoms with Crippen molar-refractivity contribution in [2.45, 2.75) is 69.5 Å². The van der Waals surface area contributed by atoms with Crippen molar-refractivity contribution in [3.05, 3.63) is 0 Å². The molecule has 1 nitrogen and oxygen atoms in total. The minimum absolute atomic E-state index is 0.171. The van der Waals surface area contributed by atoms with Crippen LogP contribution < -0.4 is 0 Å². The molecule has 0 saturated heterocycles. The van der Waals surface area contributed by atoms with Crippen molar-refractivity contribution in [2.75, 3.05) is 0 Å². The first kappa shape index (κ1) is 16.2. The molecule has 0 aromatic heterocycles. The van der Waals surface area contributed by atoms with Crippen molar-refractivity contribution in [1.29, 1.82) is 0 Å². The van der Waals surface area contributed by atoms with Gasteiger partial charge in [-0.1, -0.05) is 59.6 Å². The molecule has 0 unspecified atom stereocenters. The first-order chi connectivity index (χ1) is 7.38. The molecule has 1 saturated carbocycles. The van der Waals surface area contributed by atoms with Gasteiger partial charge in [-0.05, 0) is 31.5 Å². The van der Waals surface area contributed by atoms with E-state index >= 15 is 0 Å². The van der Waals surface area contributed by atoms with Crippen LogP contribution in [0.3, 0.4) is 0 Å². The Labute approximate surface area is 124 Å². The predicted octanol–water partition coefficient (Wildman–Crippen LogP) is 5.19. The maximum absolute atomic E-state index is 6.44. The van der Waals surface area contributed by atoms with Crippen molar-refractivity contribution in [1.82, 2.24) is 0 Å². The van der Waals surface area contributed by atoms with Crippen LogP contribution in [0.15, 0.2) is 0 Å². The molecule has 3 atom stereocenters. The average Bonchev–Trinajstić information content (AvgIpc) is 2.09. The lowest BCUT2D eigenvalue weighted by Gasteiger charge is -2.53. The Kier molecular flexibility index (Phi) is 4.68. The molecule has 0 aromatic rings. The van der Waals surface area contributed by atoms with E-state index in [1.165, 1.54) is 0 Å². The van der Waals surface area contributed by atoms with Gasteiger partial charge in [-0.15, -0.1) is 0 Å². The van der Waals surface area contributed by atoms with Crippen LogP contribution >= 0.6 is 31.9 Å². The van der Waals surface area contributed by atoms with Crippen molar-refractivity contribution in [3.63, 3.8) is 0 Å². The summed E-state index contributed by atoms with van der Waals surface area (Å²) in [7, 11) is -1.48. The summed E-state index contributed by atoms with van der Waals surface area (Å²) < 4.78 is 6.44. The van der Waals surface area contributed by atoms with Crippen LogP contribution in [0.1, 0.15) is 34.1 Å². The number of alkyl halides is 2. The number of hydrogen-bond acceptors (Lipinski definition) is 1. The monoisotopic (exact) mass is 384 g/mol. The predicted molar refractivity (Wildman–Crippen MR) is 85.8 cm³/mol.